The standard InChI is InChI=1S/C28H29ClN2O3/c1-18-6-12-25(15-22(18)11-13-26(32)33)31-28(34)27(20-4-2-3-5-20)21-9-7-19(8-10-21)23-14-24(29)17-30-16-23/h6-10,12,14-17,20,27H,2-5,11,13H2,1H3,(H,31,34)(H,32,33). The lowest BCUT2D eigenvalue weighted by Crippen LogP contribution is -2.26. The number of hydrogen-bond donors (Lipinski definition) is 2. The third kappa shape index (κ3) is 5.84. The maximum Gasteiger partial charge on any atom is 0.303 e. The van der Waals surface area contributed by atoms with Crippen molar-refractivity contribution in [3.8, 4) is 11.1 Å². The van der Waals surface area contributed by atoms with Crippen LogP contribution in [0.4, 0.5) is 5.69 Å². The van der Waals surface area contributed by atoms with Gasteiger partial charge in [-0.1, -0.05) is 54.8 Å². The smallest absolute Gasteiger partial charge is 0.303 e. The SMILES string of the molecule is Cc1ccc(NC(=O)C(c2ccc(-c3cncc(Cl)c3)cc2)C2CCCC2)cc1CCC(=O)O. The number of halogens is 1. The molecule has 1 amide bonds. The summed E-state index contributed by atoms with van der Waals surface area (Å²) in [5.41, 5.74) is 5.62. The van der Waals surface area contributed by atoms with Crippen LogP contribution in [-0.2, 0) is 16.0 Å². The number of anilines is 1. The zero-order chi connectivity index (χ0) is 24.1. The summed E-state index contributed by atoms with van der Waals surface area (Å²) in [6, 6.07) is 15.7. The Morgan fingerprint density at radius 3 is 2.47 bits per heavy atom. The highest BCUT2D eigenvalue weighted by Gasteiger charge is 2.32. The Hall–Kier alpha value is -3.18. The van der Waals surface area contributed by atoms with Crippen LogP contribution in [0.15, 0.2) is 60.9 Å². The average molecular weight is 477 g/mol. The molecule has 0 saturated heterocycles. The first-order chi connectivity index (χ1) is 16.4. The molecule has 1 aliphatic rings. The van der Waals surface area contributed by atoms with Crippen molar-refractivity contribution < 1.29 is 14.7 Å². The van der Waals surface area contributed by atoms with Gasteiger partial charge in [0.15, 0.2) is 0 Å². The highest BCUT2D eigenvalue weighted by Crippen LogP contribution is 2.39. The molecule has 1 aliphatic carbocycles. The number of benzene rings is 2. The highest BCUT2D eigenvalue weighted by atomic mass is 35.5. The largest absolute Gasteiger partial charge is 0.481 e. The van der Waals surface area contributed by atoms with E-state index in [4.69, 9.17) is 16.7 Å². The van der Waals surface area contributed by atoms with Crippen LogP contribution in [0.1, 0.15) is 54.7 Å². The second-order valence-electron chi connectivity index (χ2n) is 9.06. The number of carbonyl (C=O) groups is 2. The van der Waals surface area contributed by atoms with Crippen LogP contribution < -0.4 is 5.32 Å². The van der Waals surface area contributed by atoms with E-state index in [9.17, 15) is 9.59 Å². The zero-order valence-electron chi connectivity index (χ0n) is 19.3. The molecule has 2 aromatic carbocycles. The first kappa shape index (κ1) is 24.0. The summed E-state index contributed by atoms with van der Waals surface area (Å²) in [7, 11) is 0. The van der Waals surface area contributed by atoms with Gasteiger partial charge in [0.05, 0.1) is 10.9 Å². The second-order valence-corrected chi connectivity index (χ2v) is 9.50. The van der Waals surface area contributed by atoms with Crippen molar-refractivity contribution in [2.24, 2.45) is 5.92 Å². The third-order valence-electron chi connectivity index (χ3n) is 6.69. The van der Waals surface area contributed by atoms with Crippen molar-refractivity contribution in [3.05, 3.63) is 82.6 Å². The van der Waals surface area contributed by atoms with Crippen molar-refractivity contribution in [1.29, 1.82) is 0 Å². The molecule has 4 rings (SSSR count). The number of aromatic nitrogens is 1. The molecule has 1 saturated carbocycles. The number of carboxylic acids is 1. The number of carbonyl (C=O) groups excluding carboxylic acids is 1. The van der Waals surface area contributed by atoms with Crippen molar-refractivity contribution in [2.45, 2.75) is 51.4 Å². The maximum absolute atomic E-state index is 13.5. The molecule has 6 heteroatoms. The predicted molar refractivity (Wildman–Crippen MR) is 135 cm³/mol. The van der Waals surface area contributed by atoms with E-state index in [-0.39, 0.29) is 18.2 Å². The Morgan fingerprint density at radius 1 is 1.06 bits per heavy atom. The van der Waals surface area contributed by atoms with Gasteiger partial charge in [-0.3, -0.25) is 14.6 Å². The molecule has 1 atom stereocenters. The van der Waals surface area contributed by atoms with Gasteiger partial charge in [-0.2, -0.15) is 0 Å². The zero-order valence-corrected chi connectivity index (χ0v) is 20.0. The van der Waals surface area contributed by atoms with E-state index in [1.807, 2.05) is 55.5 Å². The lowest BCUT2D eigenvalue weighted by molar-refractivity contribution is -0.137. The van der Waals surface area contributed by atoms with Crippen LogP contribution in [0.25, 0.3) is 11.1 Å². The van der Waals surface area contributed by atoms with Crippen LogP contribution in [0.5, 0.6) is 0 Å². The maximum atomic E-state index is 13.5. The van der Waals surface area contributed by atoms with Gasteiger partial charge in [0.2, 0.25) is 5.91 Å². The van der Waals surface area contributed by atoms with E-state index in [0.717, 1.165) is 53.5 Å². The minimum Gasteiger partial charge on any atom is -0.481 e. The Labute approximate surface area is 205 Å². The van der Waals surface area contributed by atoms with Gasteiger partial charge in [0.25, 0.3) is 0 Å². The third-order valence-corrected chi connectivity index (χ3v) is 6.89. The van der Waals surface area contributed by atoms with Crippen LogP contribution in [0.2, 0.25) is 5.02 Å². The number of amides is 1. The number of carboxylic acid groups (broad SMARTS) is 1. The van der Waals surface area contributed by atoms with Gasteiger partial charge >= 0.3 is 5.97 Å². The fraction of sp³-hybridized carbons (Fsp3) is 0.321. The molecule has 5 nitrogen and oxygen atoms in total. The first-order valence-electron chi connectivity index (χ1n) is 11.7. The predicted octanol–water partition coefficient (Wildman–Crippen LogP) is 6.64. The number of rotatable bonds is 8. The number of hydrogen-bond acceptors (Lipinski definition) is 3. The molecule has 0 spiro atoms. The summed E-state index contributed by atoms with van der Waals surface area (Å²) in [5.74, 6) is -0.780. The molecule has 34 heavy (non-hydrogen) atoms. The average Bonchev–Trinajstić information content (AvgIpc) is 3.34. The molecule has 1 fully saturated rings. The quantitative estimate of drug-likeness (QED) is 0.382. The van der Waals surface area contributed by atoms with Crippen molar-refractivity contribution in [3.63, 3.8) is 0 Å². The summed E-state index contributed by atoms with van der Waals surface area (Å²) in [5, 5.41) is 12.7. The topological polar surface area (TPSA) is 79.3 Å². The molecular formula is C28H29ClN2O3. The lowest BCUT2D eigenvalue weighted by atomic mass is 9.83. The van der Waals surface area contributed by atoms with Crippen LogP contribution in [0, 0.1) is 12.8 Å². The number of nitrogens with one attached hydrogen (secondary N) is 1. The molecule has 0 radical (unpaired) electrons. The van der Waals surface area contributed by atoms with Crippen molar-refractivity contribution >= 4 is 29.2 Å². The van der Waals surface area contributed by atoms with Gasteiger partial charge < -0.3 is 10.4 Å². The van der Waals surface area contributed by atoms with E-state index >= 15 is 0 Å². The van der Waals surface area contributed by atoms with Crippen LogP contribution in [0.3, 0.4) is 0 Å². The van der Waals surface area contributed by atoms with Gasteiger partial charge in [0.1, 0.15) is 0 Å². The van der Waals surface area contributed by atoms with E-state index in [1.54, 1.807) is 12.4 Å². The molecule has 0 bridgehead atoms. The second kappa shape index (κ2) is 10.8. The Morgan fingerprint density at radius 2 is 1.79 bits per heavy atom. The molecule has 3 aromatic rings. The molecule has 0 aliphatic heterocycles. The van der Waals surface area contributed by atoms with E-state index in [2.05, 4.69) is 10.3 Å². The number of aliphatic carboxylic acids is 1. The van der Waals surface area contributed by atoms with E-state index in [0.29, 0.717) is 23.0 Å². The van der Waals surface area contributed by atoms with Gasteiger partial charge in [-0.15, -0.1) is 0 Å². The Kier molecular flexibility index (Phi) is 7.63. The molecule has 1 heterocycles. The summed E-state index contributed by atoms with van der Waals surface area (Å²) in [6.07, 6.45) is 8.26. The summed E-state index contributed by atoms with van der Waals surface area (Å²) in [6.45, 7) is 1.96. The van der Waals surface area contributed by atoms with Gasteiger partial charge in [0, 0.05) is 30.1 Å². The lowest BCUT2D eigenvalue weighted by Gasteiger charge is -2.24. The van der Waals surface area contributed by atoms with Gasteiger partial charge in [-0.25, -0.2) is 0 Å². The van der Waals surface area contributed by atoms with Crippen molar-refractivity contribution in [1.82, 2.24) is 4.98 Å². The van der Waals surface area contributed by atoms with Crippen molar-refractivity contribution in [2.75, 3.05) is 5.32 Å². The number of aryl methyl sites for hydroxylation is 2. The Bertz CT molecular complexity index is 1170. The minimum atomic E-state index is -0.827. The molecule has 176 valence electrons. The normalized spacial score (nSPS) is 14.6. The first-order valence-corrected chi connectivity index (χ1v) is 12.1. The summed E-state index contributed by atoms with van der Waals surface area (Å²) < 4.78 is 0. The van der Waals surface area contributed by atoms with Gasteiger partial charge in [-0.05, 0) is 72.6 Å². The molecule has 2 N–H and O–H groups in total. The van der Waals surface area contributed by atoms with E-state index in [1.165, 1.54) is 0 Å². The highest BCUT2D eigenvalue weighted by molar-refractivity contribution is 6.30. The fourth-order valence-corrected chi connectivity index (χ4v) is 5.04. The van der Waals surface area contributed by atoms with Crippen LogP contribution in [-0.4, -0.2) is 22.0 Å². The van der Waals surface area contributed by atoms with Crippen LogP contribution >= 0.6 is 11.6 Å². The van der Waals surface area contributed by atoms with E-state index < -0.39 is 5.97 Å². The molecule has 1 aromatic heterocycles. The molecular weight excluding hydrogens is 448 g/mol. The fourth-order valence-electron chi connectivity index (χ4n) is 4.86. The number of pyridine rings is 1. The monoisotopic (exact) mass is 476 g/mol. The summed E-state index contributed by atoms with van der Waals surface area (Å²) in [4.78, 5) is 28.7. The number of nitrogens with zero attached hydrogens (tertiary/aromatic N) is 1. The summed E-state index contributed by atoms with van der Waals surface area (Å²) >= 11 is 6.09. The Balaban J connectivity index is 1.56. The molecule has 1 unspecified atom stereocenters. The minimum absolute atomic E-state index is 0.0166.